The minimum absolute atomic E-state index is 0.257. The maximum absolute atomic E-state index is 9.03. The number of likely N-dealkylation sites (tertiary alicyclic amines) is 1. The smallest absolute Gasteiger partial charge is 0.0669 e. The van der Waals surface area contributed by atoms with Crippen LogP contribution in [0.5, 0.6) is 0 Å². The lowest BCUT2D eigenvalue weighted by molar-refractivity contribution is 0.212. The number of benzene rings is 1. The van der Waals surface area contributed by atoms with Crippen LogP contribution in [0.25, 0.3) is 0 Å². The molecule has 2 heterocycles. The van der Waals surface area contributed by atoms with Crippen LogP contribution in [-0.2, 0) is 0 Å². The molecular weight excluding hydrogens is 234 g/mol. The van der Waals surface area contributed by atoms with Crippen molar-refractivity contribution < 1.29 is 0 Å². The fourth-order valence-electron chi connectivity index (χ4n) is 3.35. The highest BCUT2D eigenvalue weighted by molar-refractivity contribution is 5.46. The van der Waals surface area contributed by atoms with Crippen molar-refractivity contribution in [2.24, 2.45) is 5.92 Å². The maximum atomic E-state index is 9.03. The number of rotatable bonds is 2. The lowest BCUT2D eigenvalue weighted by Gasteiger charge is -2.38. The van der Waals surface area contributed by atoms with Crippen molar-refractivity contribution in [3.8, 4) is 6.07 Å². The van der Waals surface area contributed by atoms with Crippen molar-refractivity contribution >= 4 is 5.69 Å². The van der Waals surface area contributed by atoms with Gasteiger partial charge < -0.3 is 4.90 Å². The molecule has 0 aromatic heterocycles. The van der Waals surface area contributed by atoms with Crippen LogP contribution < -0.4 is 4.90 Å². The minimum Gasteiger partial charge on any atom is -0.370 e. The van der Waals surface area contributed by atoms with Crippen LogP contribution in [0.2, 0.25) is 0 Å². The number of piperidine rings is 1. The normalized spacial score (nSPS) is 28.3. The molecule has 19 heavy (non-hydrogen) atoms. The van der Waals surface area contributed by atoms with Crippen molar-refractivity contribution in [2.45, 2.75) is 25.3 Å². The lowest BCUT2D eigenvalue weighted by atomic mass is 10.0. The van der Waals surface area contributed by atoms with E-state index in [9.17, 15) is 0 Å². The Morgan fingerprint density at radius 1 is 1.05 bits per heavy atom. The minimum atomic E-state index is 0.257. The first-order valence-corrected chi connectivity index (χ1v) is 7.30. The first-order valence-electron chi connectivity index (χ1n) is 7.30. The third kappa shape index (κ3) is 2.74. The Hall–Kier alpha value is -1.53. The van der Waals surface area contributed by atoms with E-state index in [1.54, 1.807) is 0 Å². The summed E-state index contributed by atoms with van der Waals surface area (Å²) in [6, 6.07) is 13.7. The molecular formula is C16H21N3. The molecule has 0 saturated carbocycles. The summed E-state index contributed by atoms with van der Waals surface area (Å²) < 4.78 is 0. The number of anilines is 1. The average molecular weight is 255 g/mol. The van der Waals surface area contributed by atoms with E-state index >= 15 is 0 Å². The largest absolute Gasteiger partial charge is 0.370 e. The van der Waals surface area contributed by atoms with Gasteiger partial charge in [0.15, 0.2) is 0 Å². The summed E-state index contributed by atoms with van der Waals surface area (Å²) in [5, 5.41) is 9.03. The van der Waals surface area contributed by atoms with E-state index in [2.05, 4.69) is 46.2 Å². The van der Waals surface area contributed by atoms with Gasteiger partial charge in [-0.15, -0.1) is 0 Å². The van der Waals surface area contributed by atoms with Gasteiger partial charge in [0.1, 0.15) is 0 Å². The van der Waals surface area contributed by atoms with Crippen LogP contribution in [0.15, 0.2) is 30.3 Å². The van der Waals surface area contributed by atoms with Crippen molar-refractivity contribution in [1.29, 1.82) is 5.26 Å². The van der Waals surface area contributed by atoms with Crippen molar-refractivity contribution in [3.63, 3.8) is 0 Å². The Balaban J connectivity index is 1.64. The van der Waals surface area contributed by atoms with Crippen LogP contribution in [0, 0.1) is 17.2 Å². The van der Waals surface area contributed by atoms with Gasteiger partial charge in [-0.1, -0.05) is 18.2 Å². The van der Waals surface area contributed by atoms with E-state index in [1.165, 1.54) is 18.5 Å². The zero-order valence-electron chi connectivity index (χ0n) is 11.3. The van der Waals surface area contributed by atoms with E-state index in [0.717, 1.165) is 32.6 Å². The van der Waals surface area contributed by atoms with Gasteiger partial charge in [-0.2, -0.15) is 5.26 Å². The van der Waals surface area contributed by atoms with Gasteiger partial charge >= 0.3 is 0 Å². The molecule has 2 saturated heterocycles. The highest BCUT2D eigenvalue weighted by atomic mass is 15.2. The van der Waals surface area contributed by atoms with Crippen molar-refractivity contribution in [2.75, 3.05) is 31.1 Å². The molecule has 2 unspecified atom stereocenters. The number of nitrogens with zero attached hydrogens (tertiary/aromatic N) is 3. The Labute approximate surface area is 115 Å². The third-order valence-corrected chi connectivity index (χ3v) is 4.44. The molecule has 0 spiro atoms. The first-order chi connectivity index (χ1) is 9.36. The number of hydrogen-bond acceptors (Lipinski definition) is 3. The first kappa shape index (κ1) is 12.5. The molecule has 0 radical (unpaired) electrons. The summed E-state index contributed by atoms with van der Waals surface area (Å²) >= 11 is 0. The second kappa shape index (κ2) is 5.63. The van der Waals surface area contributed by atoms with Gasteiger partial charge in [-0.25, -0.2) is 0 Å². The predicted octanol–water partition coefficient (Wildman–Crippen LogP) is 2.50. The summed E-state index contributed by atoms with van der Waals surface area (Å²) in [4.78, 5) is 5.02. The molecule has 0 N–H and O–H groups in total. The summed E-state index contributed by atoms with van der Waals surface area (Å²) in [6.45, 7) is 4.35. The van der Waals surface area contributed by atoms with E-state index in [-0.39, 0.29) is 5.92 Å². The maximum Gasteiger partial charge on any atom is 0.0669 e. The van der Waals surface area contributed by atoms with Gasteiger partial charge in [0, 0.05) is 31.4 Å². The molecule has 1 aromatic rings. The molecule has 2 fully saturated rings. The van der Waals surface area contributed by atoms with Gasteiger partial charge in [0.25, 0.3) is 0 Å². The summed E-state index contributed by atoms with van der Waals surface area (Å²) in [6.07, 6.45) is 3.59. The molecule has 3 heteroatoms. The van der Waals surface area contributed by atoms with Crippen LogP contribution in [-0.4, -0.2) is 37.1 Å². The van der Waals surface area contributed by atoms with E-state index in [4.69, 9.17) is 5.26 Å². The Kier molecular flexibility index (Phi) is 3.70. The van der Waals surface area contributed by atoms with Crippen molar-refractivity contribution in [3.05, 3.63) is 30.3 Å². The van der Waals surface area contributed by atoms with Crippen LogP contribution in [0.4, 0.5) is 5.69 Å². The number of hydrogen-bond donors (Lipinski definition) is 0. The zero-order valence-corrected chi connectivity index (χ0v) is 11.3. The van der Waals surface area contributed by atoms with Gasteiger partial charge in [-0.3, -0.25) is 4.90 Å². The van der Waals surface area contributed by atoms with Crippen LogP contribution in [0.3, 0.4) is 0 Å². The Bertz CT molecular complexity index is 451. The van der Waals surface area contributed by atoms with Crippen molar-refractivity contribution in [1.82, 2.24) is 4.90 Å². The van der Waals surface area contributed by atoms with E-state index < -0.39 is 0 Å². The van der Waals surface area contributed by atoms with E-state index in [0.29, 0.717) is 6.04 Å². The molecule has 100 valence electrons. The van der Waals surface area contributed by atoms with Crippen LogP contribution >= 0.6 is 0 Å². The third-order valence-electron chi connectivity index (χ3n) is 4.44. The highest BCUT2D eigenvalue weighted by Gasteiger charge is 2.31. The molecule has 0 aliphatic carbocycles. The second-order valence-corrected chi connectivity index (χ2v) is 5.69. The highest BCUT2D eigenvalue weighted by Crippen LogP contribution is 2.26. The molecule has 3 rings (SSSR count). The summed E-state index contributed by atoms with van der Waals surface area (Å²) in [5.74, 6) is 0.257. The SMILES string of the molecule is N#CC1CCN(C2CCCN(c3ccccc3)C2)C1. The molecule has 3 nitrogen and oxygen atoms in total. The van der Waals surface area contributed by atoms with Gasteiger partial charge in [-0.05, 0) is 37.9 Å². The quantitative estimate of drug-likeness (QED) is 0.813. The molecule has 2 atom stereocenters. The molecule has 0 bridgehead atoms. The summed E-state index contributed by atoms with van der Waals surface area (Å²) in [5.41, 5.74) is 1.34. The van der Waals surface area contributed by atoms with Crippen LogP contribution in [0.1, 0.15) is 19.3 Å². The van der Waals surface area contributed by atoms with Gasteiger partial charge in [0.05, 0.1) is 12.0 Å². The van der Waals surface area contributed by atoms with Gasteiger partial charge in [0.2, 0.25) is 0 Å². The molecule has 1 aromatic carbocycles. The number of nitriles is 1. The molecule has 2 aliphatic heterocycles. The molecule has 2 aliphatic rings. The zero-order chi connectivity index (χ0) is 13.1. The van der Waals surface area contributed by atoms with E-state index in [1.807, 2.05) is 0 Å². The average Bonchev–Trinajstić information content (AvgIpc) is 2.97. The topological polar surface area (TPSA) is 30.3 Å². The lowest BCUT2D eigenvalue weighted by Crippen LogP contribution is -2.47. The standard InChI is InChI=1S/C16H21N3/c17-11-14-8-10-19(12-14)16-7-4-9-18(13-16)15-5-2-1-3-6-15/h1-3,5-6,14,16H,4,7-10,12-13H2. The number of para-hydroxylation sites is 1. The predicted molar refractivity (Wildman–Crippen MR) is 77.0 cm³/mol. The fourth-order valence-corrected chi connectivity index (χ4v) is 3.35. The fraction of sp³-hybridized carbons (Fsp3) is 0.562. The monoisotopic (exact) mass is 255 g/mol. The summed E-state index contributed by atoms with van der Waals surface area (Å²) in [7, 11) is 0. The molecule has 0 amide bonds. The Morgan fingerprint density at radius 3 is 2.63 bits per heavy atom. The Morgan fingerprint density at radius 2 is 1.89 bits per heavy atom. The second-order valence-electron chi connectivity index (χ2n) is 5.69.